The van der Waals surface area contributed by atoms with Crippen molar-refractivity contribution in [2.24, 2.45) is 0 Å². The van der Waals surface area contributed by atoms with Crippen molar-refractivity contribution in [3.63, 3.8) is 0 Å². The molecule has 3 heterocycles. The Morgan fingerprint density at radius 1 is 0.842 bits per heavy atom. The monoisotopic (exact) mass is 509 g/mol. The van der Waals surface area contributed by atoms with Gasteiger partial charge in [-0.25, -0.2) is 19.4 Å². The number of nitrogens with zero attached hydrogens (tertiary/aromatic N) is 6. The first-order valence-corrected chi connectivity index (χ1v) is 13.9. The maximum absolute atomic E-state index is 13.0. The van der Waals surface area contributed by atoms with Gasteiger partial charge < -0.3 is 15.1 Å². The Balaban J connectivity index is 1.28. The van der Waals surface area contributed by atoms with Gasteiger partial charge in [-0.3, -0.25) is 0 Å². The van der Waals surface area contributed by atoms with Crippen LogP contribution in [0.3, 0.4) is 0 Å². The normalized spacial score (nSPS) is 16.9. The number of fused-ring (bicyclic) bond motifs is 1. The maximum Gasteiger partial charge on any atom is 0.317 e. The van der Waals surface area contributed by atoms with Crippen molar-refractivity contribution in [2.45, 2.75) is 51.0 Å². The maximum atomic E-state index is 13.0. The molecule has 0 radical (unpaired) electrons. The smallest absolute Gasteiger partial charge is 0.317 e. The molecular weight excluding hydrogens is 474 g/mol. The highest BCUT2D eigenvalue weighted by atomic mass is 16.2. The highest BCUT2D eigenvalue weighted by Gasteiger charge is 2.25. The third-order valence-electron chi connectivity index (χ3n) is 7.68. The second-order valence-corrected chi connectivity index (χ2v) is 10.4. The van der Waals surface area contributed by atoms with Gasteiger partial charge in [0.05, 0.1) is 17.3 Å². The number of hydrogen-bond acceptors (Lipinski definition) is 5. The molecular formula is C30H35N7O. The number of amides is 2. The number of aromatic nitrogens is 4. The number of hydrogen-bond donors (Lipinski definition) is 1. The van der Waals surface area contributed by atoms with Crippen LogP contribution in [0.1, 0.15) is 49.9 Å². The fourth-order valence-electron chi connectivity index (χ4n) is 5.64. The summed E-state index contributed by atoms with van der Waals surface area (Å²) in [5.74, 6) is 1.67. The van der Waals surface area contributed by atoms with Crippen LogP contribution >= 0.6 is 0 Å². The molecule has 0 spiro atoms. The fraction of sp³-hybridized carbons (Fsp3) is 0.400. The summed E-state index contributed by atoms with van der Waals surface area (Å²) in [4.78, 5) is 27.4. The lowest BCUT2D eigenvalue weighted by Gasteiger charge is -2.28. The summed E-state index contributed by atoms with van der Waals surface area (Å²) >= 11 is 0. The Morgan fingerprint density at radius 2 is 1.61 bits per heavy atom. The van der Waals surface area contributed by atoms with Crippen molar-refractivity contribution in [1.82, 2.24) is 30.0 Å². The standard InChI is InChI=1S/C30H35N7O/c38-30(32-24-13-6-2-7-14-24)36-18-10-17-35(19-20-36)28-26-22-31-37(25-15-8-3-9-16-25)29(26)34-27(33-28)21-23-11-4-1-5-12-23/h1,3-5,8-9,11-12,15-16,22,24H,2,6-7,10,13-14,17-21H2,(H,32,38). The molecule has 2 aromatic heterocycles. The zero-order valence-electron chi connectivity index (χ0n) is 21.8. The van der Waals surface area contributed by atoms with Gasteiger partial charge in [0.1, 0.15) is 11.6 Å². The van der Waals surface area contributed by atoms with Crippen molar-refractivity contribution in [2.75, 3.05) is 31.1 Å². The first-order chi connectivity index (χ1) is 18.7. The first kappa shape index (κ1) is 24.4. The SMILES string of the molecule is O=C(NC1CCCCC1)N1CCCN(c2nc(Cc3ccccc3)nc3c2cnn3-c2ccccc2)CC1. The summed E-state index contributed by atoms with van der Waals surface area (Å²) in [6, 6.07) is 20.8. The molecule has 2 fully saturated rings. The van der Waals surface area contributed by atoms with E-state index >= 15 is 0 Å². The molecule has 2 aliphatic rings. The van der Waals surface area contributed by atoms with Crippen LogP contribution in [0.25, 0.3) is 16.7 Å². The van der Waals surface area contributed by atoms with Crippen LogP contribution in [0.4, 0.5) is 10.6 Å². The van der Waals surface area contributed by atoms with Crippen molar-refractivity contribution in [1.29, 1.82) is 0 Å². The summed E-state index contributed by atoms with van der Waals surface area (Å²) in [6.07, 6.45) is 9.32. The minimum atomic E-state index is 0.0771. The average molecular weight is 510 g/mol. The molecule has 0 atom stereocenters. The third kappa shape index (κ3) is 5.35. The third-order valence-corrected chi connectivity index (χ3v) is 7.68. The number of nitrogens with one attached hydrogen (secondary N) is 1. The van der Waals surface area contributed by atoms with Crippen molar-refractivity contribution >= 4 is 22.9 Å². The molecule has 8 heteroatoms. The van der Waals surface area contributed by atoms with Gasteiger partial charge in [0.2, 0.25) is 0 Å². The van der Waals surface area contributed by atoms with E-state index in [-0.39, 0.29) is 6.03 Å². The van der Waals surface area contributed by atoms with Gasteiger partial charge in [0.25, 0.3) is 0 Å². The van der Waals surface area contributed by atoms with Crippen molar-refractivity contribution in [3.8, 4) is 5.69 Å². The Morgan fingerprint density at radius 3 is 2.39 bits per heavy atom. The Bertz CT molecular complexity index is 1370. The number of para-hydroxylation sites is 1. The predicted molar refractivity (Wildman–Crippen MR) is 150 cm³/mol. The van der Waals surface area contributed by atoms with Crippen molar-refractivity contribution < 1.29 is 4.79 Å². The molecule has 1 aliphatic heterocycles. The molecule has 6 rings (SSSR count). The summed E-state index contributed by atoms with van der Waals surface area (Å²) < 4.78 is 1.90. The molecule has 1 saturated heterocycles. The van der Waals surface area contributed by atoms with Gasteiger partial charge in [0, 0.05) is 38.6 Å². The molecule has 196 valence electrons. The van der Waals surface area contributed by atoms with Crippen molar-refractivity contribution in [3.05, 3.63) is 78.2 Å². The highest BCUT2D eigenvalue weighted by Crippen LogP contribution is 2.27. The number of rotatable bonds is 5. The van der Waals surface area contributed by atoms with E-state index in [4.69, 9.17) is 15.1 Å². The molecule has 2 aromatic carbocycles. The quantitative estimate of drug-likeness (QED) is 0.411. The van der Waals surface area contributed by atoms with Gasteiger partial charge in [0.15, 0.2) is 5.65 Å². The largest absolute Gasteiger partial charge is 0.354 e. The second-order valence-electron chi connectivity index (χ2n) is 10.4. The highest BCUT2D eigenvalue weighted by molar-refractivity contribution is 5.88. The minimum Gasteiger partial charge on any atom is -0.354 e. The van der Waals surface area contributed by atoms with Gasteiger partial charge in [-0.05, 0) is 37.0 Å². The lowest BCUT2D eigenvalue weighted by atomic mass is 9.96. The van der Waals surface area contributed by atoms with E-state index in [1.807, 2.05) is 64.3 Å². The van der Waals surface area contributed by atoms with Gasteiger partial charge in [-0.1, -0.05) is 67.8 Å². The van der Waals surface area contributed by atoms with E-state index in [1.54, 1.807) is 0 Å². The van der Waals surface area contributed by atoms with E-state index in [2.05, 4.69) is 22.3 Å². The lowest BCUT2D eigenvalue weighted by Crippen LogP contribution is -2.46. The van der Waals surface area contributed by atoms with Crippen LogP contribution in [0.5, 0.6) is 0 Å². The zero-order valence-corrected chi connectivity index (χ0v) is 21.8. The summed E-state index contributed by atoms with van der Waals surface area (Å²) in [7, 11) is 0. The predicted octanol–water partition coefficient (Wildman–Crippen LogP) is 4.96. The van der Waals surface area contributed by atoms with E-state index in [9.17, 15) is 4.79 Å². The van der Waals surface area contributed by atoms with E-state index in [0.717, 1.165) is 67.3 Å². The molecule has 1 N–H and O–H groups in total. The Labute approximate surface area is 223 Å². The molecule has 8 nitrogen and oxygen atoms in total. The van der Waals surface area contributed by atoms with E-state index in [1.165, 1.54) is 24.8 Å². The lowest BCUT2D eigenvalue weighted by molar-refractivity contribution is 0.193. The number of carbonyl (C=O) groups is 1. The average Bonchev–Trinajstić information content (AvgIpc) is 3.22. The molecule has 2 amide bonds. The van der Waals surface area contributed by atoms with Crippen LogP contribution in [0.15, 0.2) is 66.9 Å². The second kappa shape index (κ2) is 11.2. The van der Waals surface area contributed by atoms with Crippen LogP contribution in [-0.2, 0) is 6.42 Å². The van der Waals surface area contributed by atoms with Gasteiger partial charge in [-0.2, -0.15) is 5.10 Å². The Hall–Kier alpha value is -3.94. The van der Waals surface area contributed by atoms with Gasteiger partial charge in [-0.15, -0.1) is 0 Å². The van der Waals surface area contributed by atoms with Crippen LogP contribution < -0.4 is 10.2 Å². The molecule has 1 aliphatic carbocycles. The molecule has 4 aromatic rings. The topological polar surface area (TPSA) is 79.2 Å². The van der Waals surface area contributed by atoms with Crippen LogP contribution in [-0.4, -0.2) is 62.9 Å². The van der Waals surface area contributed by atoms with Crippen LogP contribution in [0, 0.1) is 0 Å². The zero-order chi connectivity index (χ0) is 25.7. The van der Waals surface area contributed by atoms with E-state index in [0.29, 0.717) is 19.0 Å². The molecule has 0 unspecified atom stereocenters. The summed E-state index contributed by atoms with van der Waals surface area (Å²) in [5.41, 5.74) is 2.95. The van der Waals surface area contributed by atoms with Crippen LogP contribution in [0.2, 0.25) is 0 Å². The number of anilines is 1. The fourth-order valence-corrected chi connectivity index (χ4v) is 5.64. The number of benzene rings is 2. The van der Waals surface area contributed by atoms with Gasteiger partial charge >= 0.3 is 6.03 Å². The minimum absolute atomic E-state index is 0.0771. The van der Waals surface area contributed by atoms with E-state index < -0.39 is 0 Å². The number of carbonyl (C=O) groups excluding carboxylic acids is 1. The number of urea groups is 1. The first-order valence-electron chi connectivity index (χ1n) is 13.9. The molecule has 38 heavy (non-hydrogen) atoms. The molecule has 0 bridgehead atoms. The Kier molecular flexibility index (Phi) is 7.20. The molecule has 1 saturated carbocycles. The summed E-state index contributed by atoms with van der Waals surface area (Å²) in [5, 5.41) is 8.94. The summed E-state index contributed by atoms with van der Waals surface area (Å²) in [6.45, 7) is 2.99.